The number of carbonyl (C=O) groups excluding carboxylic acids is 1. The molecule has 0 aliphatic carbocycles. The maximum Gasteiger partial charge on any atom is 0.249 e. The summed E-state index contributed by atoms with van der Waals surface area (Å²) in [6.07, 6.45) is 5.23. The van der Waals surface area contributed by atoms with Gasteiger partial charge in [0.15, 0.2) is 5.82 Å². The van der Waals surface area contributed by atoms with Crippen molar-refractivity contribution in [2.45, 2.75) is 26.3 Å². The van der Waals surface area contributed by atoms with Gasteiger partial charge in [0.1, 0.15) is 0 Å². The van der Waals surface area contributed by atoms with Crippen LogP contribution in [0.15, 0.2) is 85.1 Å². The summed E-state index contributed by atoms with van der Waals surface area (Å²) in [5, 5.41) is 9.74. The van der Waals surface area contributed by atoms with Gasteiger partial charge in [-0.1, -0.05) is 80.6 Å². The zero-order valence-corrected chi connectivity index (χ0v) is 17.2. The van der Waals surface area contributed by atoms with Gasteiger partial charge < -0.3 is 5.32 Å². The van der Waals surface area contributed by atoms with Crippen LogP contribution in [0.1, 0.15) is 36.5 Å². The Morgan fingerprint density at radius 2 is 1.77 bits per heavy atom. The minimum atomic E-state index is -0.196. The molecule has 4 nitrogen and oxygen atoms in total. The summed E-state index contributed by atoms with van der Waals surface area (Å²) in [5.41, 5.74) is 3.48. The molecule has 0 aliphatic rings. The van der Waals surface area contributed by atoms with Crippen LogP contribution in [0.2, 0.25) is 0 Å². The quantitative estimate of drug-likeness (QED) is 0.416. The number of nitrogens with one attached hydrogen (secondary N) is 1. The molecular formula is C26H25N3O. The van der Waals surface area contributed by atoms with Gasteiger partial charge in [-0.05, 0) is 39.5 Å². The van der Waals surface area contributed by atoms with E-state index in [4.69, 9.17) is 0 Å². The Morgan fingerprint density at radius 3 is 2.57 bits per heavy atom. The standard InChI is InChI=1S/C26H25N3O/c1-19(2)21-13-10-20(11-14-21)12-15-26(30)27-25-16-17-29(28-25)18-23-8-5-7-22-6-3-4-9-24(22)23/h3-17,19H,18H2,1-2H3,(H,27,28,30)/b15-12+. The first-order valence-electron chi connectivity index (χ1n) is 10.2. The highest BCUT2D eigenvalue weighted by molar-refractivity contribution is 6.01. The van der Waals surface area contributed by atoms with Gasteiger partial charge in [0.05, 0.1) is 6.54 Å². The lowest BCUT2D eigenvalue weighted by atomic mass is 10.0. The van der Waals surface area contributed by atoms with Crippen LogP contribution in [0.25, 0.3) is 16.8 Å². The molecule has 3 aromatic carbocycles. The van der Waals surface area contributed by atoms with Crippen molar-refractivity contribution in [2.24, 2.45) is 0 Å². The van der Waals surface area contributed by atoms with E-state index < -0.39 is 0 Å². The van der Waals surface area contributed by atoms with Gasteiger partial charge in [0.25, 0.3) is 0 Å². The lowest BCUT2D eigenvalue weighted by Gasteiger charge is -2.06. The van der Waals surface area contributed by atoms with Gasteiger partial charge in [-0.15, -0.1) is 0 Å². The Balaban J connectivity index is 1.39. The number of anilines is 1. The lowest BCUT2D eigenvalue weighted by Crippen LogP contribution is -2.09. The molecule has 0 fully saturated rings. The highest BCUT2D eigenvalue weighted by atomic mass is 16.1. The molecule has 0 aliphatic heterocycles. The van der Waals surface area contributed by atoms with Crippen molar-refractivity contribution in [1.82, 2.24) is 9.78 Å². The van der Waals surface area contributed by atoms with Crippen LogP contribution in [0.5, 0.6) is 0 Å². The molecule has 4 rings (SSSR count). The van der Waals surface area contributed by atoms with Crippen molar-refractivity contribution in [3.63, 3.8) is 0 Å². The Kier molecular flexibility index (Phi) is 5.75. The summed E-state index contributed by atoms with van der Waals surface area (Å²) in [5.74, 6) is 0.841. The van der Waals surface area contributed by atoms with Gasteiger partial charge in [-0.2, -0.15) is 5.10 Å². The van der Waals surface area contributed by atoms with Crippen LogP contribution in [-0.2, 0) is 11.3 Å². The fourth-order valence-corrected chi connectivity index (χ4v) is 3.45. The van der Waals surface area contributed by atoms with Crippen LogP contribution >= 0.6 is 0 Å². The maximum atomic E-state index is 12.3. The number of carbonyl (C=O) groups is 1. The van der Waals surface area contributed by atoms with Crippen molar-refractivity contribution in [2.75, 3.05) is 5.32 Å². The van der Waals surface area contributed by atoms with Crippen LogP contribution in [0.4, 0.5) is 5.82 Å². The Morgan fingerprint density at radius 1 is 1.00 bits per heavy atom. The SMILES string of the molecule is CC(C)c1ccc(/C=C/C(=O)Nc2ccn(Cc3cccc4ccccc34)n2)cc1. The largest absolute Gasteiger partial charge is 0.306 e. The van der Waals surface area contributed by atoms with Crippen LogP contribution in [0, 0.1) is 0 Å². The highest BCUT2D eigenvalue weighted by Crippen LogP contribution is 2.20. The molecule has 1 amide bonds. The number of amides is 1. The van der Waals surface area contributed by atoms with E-state index in [1.165, 1.54) is 28.0 Å². The molecule has 0 saturated carbocycles. The summed E-state index contributed by atoms with van der Waals surface area (Å²) in [6, 6.07) is 24.6. The van der Waals surface area contributed by atoms with Gasteiger partial charge in [0.2, 0.25) is 5.91 Å². The van der Waals surface area contributed by atoms with Crippen molar-refractivity contribution in [1.29, 1.82) is 0 Å². The van der Waals surface area contributed by atoms with Gasteiger partial charge >= 0.3 is 0 Å². The number of hydrogen-bond acceptors (Lipinski definition) is 2. The minimum absolute atomic E-state index is 0.196. The van der Waals surface area contributed by atoms with Crippen LogP contribution in [0.3, 0.4) is 0 Å². The van der Waals surface area contributed by atoms with Crippen molar-refractivity contribution < 1.29 is 4.79 Å². The number of rotatable bonds is 6. The average Bonchev–Trinajstić information content (AvgIpc) is 3.19. The molecular weight excluding hydrogens is 370 g/mol. The summed E-state index contributed by atoms with van der Waals surface area (Å²) in [6.45, 7) is 4.98. The zero-order chi connectivity index (χ0) is 20.9. The van der Waals surface area contributed by atoms with Crippen molar-refractivity contribution >= 4 is 28.6 Å². The van der Waals surface area contributed by atoms with Gasteiger partial charge in [0, 0.05) is 18.3 Å². The molecule has 30 heavy (non-hydrogen) atoms. The van der Waals surface area contributed by atoms with Gasteiger partial charge in [-0.25, -0.2) is 0 Å². The second-order valence-electron chi connectivity index (χ2n) is 7.68. The number of nitrogens with zero attached hydrogens (tertiary/aromatic N) is 2. The summed E-state index contributed by atoms with van der Waals surface area (Å²) in [4.78, 5) is 12.3. The molecule has 1 heterocycles. The fraction of sp³-hybridized carbons (Fsp3) is 0.154. The number of hydrogen-bond donors (Lipinski definition) is 1. The van der Waals surface area contributed by atoms with E-state index in [1.807, 2.05) is 47.3 Å². The maximum absolute atomic E-state index is 12.3. The fourth-order valence-electron chi connectivity index (χ4n) is 3.45. The first-order chi connectivity index (χ1) is 14.6. The van der Waals surface area contributed by atoms with E-state index in [-0.39, 0.29) is 5.91 Å². The summed E-state index contributed by atoms with van der Waals surface area (Å²) in [7, 11) is 0. The molecule has 0 radical (unpaired) electrons. The second-order valence-corrected chi connectivity index (χ2v) is 7.68. The molecule has 1 aromatic heterocycles. The molecule has 4 heteroatoms. The Labute approximate surface area is 176 Å². The molecule has 4 aromatic rings. The lowest BCUT2D eigenvalue weighted by molar-refractivity contribution is -0.111. The first kappa shape index (κ1) is 19.6. The molecule has 150 valence electrons. The average molecular weight is 396 g/mol. The zero-order valence-electron chi connectivity index (χ0n) is 17.2. The highest BCUT2D eigenvalue weighted by Gasteiger charge is 2.05. The van der Waals surface area contributed by atoms with Crippen LogP contribution in [-0.4, -0.2) is 15.7 Å². The molecule has 0 atom stereocenters. The van der Waals surface area contributed by atoms with E-state index >= 15 is 0 Å². The minimum Gasteiger partial charge on any atom is -0.306 e. The second kappa shape index (κ2) is 8.78. The van der Waals surface area contributed by atoms with E-state index in [9.17, 15) is 4.79 Å². The Bertz CT molecular complexity index is 1180. The molecule has 1 N–H and O–H groups in total. The molecule has 0 saturated heterocycles. The number of fused-ring (bicyclic) bond motifs is 1. The smallest absolute Gasteiger partial charge is 0.249 e. The molecule has 0 spiro atoms. The third kappa shape index (κ3) is 4.66. The topological polar surface area (TPSA) is 46.9 Å². The summed E-state index contributed by atoms with van der Waals surface area (Å²) < 4.78 is 1.84. The van der Waals surface area contributed by atoms with E-state index in [2.05, 4.69) is 66.7 Å². The van der Waals surface area contributed by atoms with E-state index in [0.29, 0.717) is 18.3 Å². The summed E-state index contributed by atoms with van der Waals surface area (Å²) >= 11 is 0. The first-order valence-corrected chi connectivity index (χ1v) is 10.2. The monoisotopic (exact) mass is 395 g/mol. The number of aromatic nitrogens is 2. The normalized spacial score (nSPS) is 11.4. The van der Waals surface area contributed by atoms with Crippen molar-refractivity contribution in [3.8, 4) is 0 Å². The molecule has 0 bridgehead atoms. The predicted octanol–water partition coefficient (Wildman–Crippen LogP) is 5.86. The van der Waals surface area contributed by atoms with E-state index in [0.717, 1.165) is 5.56 Å². The third-order valence-corrected chi connectivity index (χ3v) is 5.13. The predicted molar refractivity (Wildman–Crippen MR) is 123 cm³/mol. The van der Waals surface area contributed by atoms with E-state index in [1.54, 1.807) is 0 Å². The van der Waals surface area contributed by atoms with Crippen molar-refractivity contribution in [3.05, 3.63) is 102 Å². The van der Waals surface area contributed by atoms with Crippen LogP contribution < -0.4 is 5.32 Å². The molecule has 0 unspecified atom stereocenters. The Hall–Kier alpha value is -3.66. The number of benzene rings is 3. The third-order valence-electron chi connectivity index (χ3n) is 5.13. The van der Waals surface area contributed by atoms with Gasteiger partial charge in [-0.3, -0.25) is 9.48 Å².